The molecule has 3 aromatic rings. The maximum atomic E-state index is 6.52. The number of benzene rings is 2. The Bertz CT molecular complexity index is 1020. The second kappa shape index (κ2) is 8.89. The van der Waals surface area contributed by atoms with Crippen LogP contribution in [0.2, 0.25) is 18.1 Å². The van der Waals surface area contributed by atoms with Gasteiger partial charge in [0.1, 0.15) is 10.8 Å². The number of thiazole rings is 1. The van der Waals surface area contributed by atoms with Crippen LogP contribution in [0, 0.1) is 20.8 Å². The van der Waals surface area contributed by atoms with E-state index in [1.807, 2.05) is 11.8 Å². The van der Waals surface area contributed by atoms with Gasteiger partial charge in [0, 0.05) is 21.1 Å². The summed E-state index contributed by atoms with van der Waals surface area (Å²) in [7, 11) is -1.82. The number of aromatic nitrogens is 1. The van der Waals surface area contributed by atoms with Gasteiger partial charge in [-0.1, -0.05) is 50.6 Å². The van der Waals surface area contributed by atoms with Crippen LogP contribution in [0.25, 0.3) is 10.6 Å². The Balaban J connectivity index is 1.69. The van der Waals surface area contributed by atoms with Crippen molar-refractivity contribution in [2.24, 2.45) is 0 Å². The molecule has 0 aliphatic rings. The van der Waals surface area contributed by atoms with Gasteiger partial charge < -0.3 is 4.43 Å². The van der Waals surface area contributed by atoms with Crippen molar-refractivity contribution in [1.29, 1.82) is 0 Å². The van der Waals surface area contributed by atoms with Crippen LogP contribution in [0.5, 0.6) is 5.75 Å². The third-order valence-corrected chi connectivity index (χ3v) is 12.6. The van der Waals surface area contributed by atoms with Crippen LogP contribution in [0.1, 0.15) is 42.5 Å². The molecule has 0 saturated carbocycles. The first-order chi connectivity index (χ1) is 14.0. The summed E-state index contributed by atoms with van der Waals surface area (Å²) < 4.78 is 6.52. The Labute approximate surface area is 191 Å². The van der Waals surface area contributed by atoms with Crippen molar-refractivity contribution in [3.63, 3.8) is 0 Å². The first kappa shape index (κ1) is 23.1. The van der Waals surface area contributed by atoms with Gasteiger partial charge in [0.2, 0.25) is 8.32 Å². The predicted molar refractivity (Wildman–Crippen MR) is 136 cm³/mol. The molecule has 0 radical (unpaired) electrons. The van der Waals surface area contributed by atoms with Gasteiger partial charge in [-0.25, -0.2) is 4.98 Å². The van der Waals surface area contributed by atoms with E-state index in [1.165, 1.54) is 26.5 Å². The summed E-state index contributed by atoms with van der Waals surface area (Å²) in [6.45, 7) is 17.8. The van der Waals surface area contributed by atoms with Gasteiger partial charge in [0.15, 0.2) is 0 Å². The predicted octanol–water partition coefficient (Wildman–Crippen LogP) is 8.41. The van der Waals surface area contributed by atoms with E-state index in [2.05, 4.69) is 97.1 Å². The van der Waals surface area contributed by atoms with E-state index in [-0.39, 0.29) is 5.04 Å². The number of hydrogen-bond donors (Lipinski definition) is 0. The highest BCUT2D eigenvalue weighted by atomic mass is 32.2. The molecule has 2 aromatic carbocycles. The van der Waals surface area contributed by atoms with E-state index in [9.17, 15) is 0 Å². The Kier molecular flexibility index (Phi) is 6.85. The minimum absolute atomic E-state index is 0.200. The first-order valence-corrected chi connectivity index (χ1v) is 15.1. The molecule has 0 aliphatic heterocycles. The fourth-order valence-electron chi connectivity index (χ4n) is 2.78. The zero-order valence-corrected chi connectivity index (χ0v) is 22.1. The van der Waals surface area contributed by atoms with Gasteiger partial charge in [-0.15, -0.1) is 23.1 Å². The molecule has 0 amide bonds. The van der Waals surface area contributed by atoms with Gasteiger partial charge >= 0.3 is 0 Å². The van der Waals surface area contributed by atoms with E-state index in [0.717, 1.165) is 22.2 Å². The van der Waals surface area contributed by atoms with Crippen molar-refractivity contribution in [1.82, 2.24) is 4.98 Å². The maximum Gasteiger partial charge on any atom is 0.250 e. The quantitative estimate of drug-likeness (QED) is 0.275. The largest absolute Gasteiger partial charge is 0.543 e. The molecule has 5 heteroatoms. The lowest BCUT2D eigenvalue weighted by molar-refractivity contribution is 0.489. The monoisotopic (exact) mass is 455 g/mol. The van der Waals surface area contributed by atoms with Crippen LogP contribution in [0.4, 0.5) is 0 Å². The second-order valence-electron chi connectivity index (χ2n) is 9.47. The number of thioether (sulfide) groups is 1. The zero-order chi connectivity index (χ0) is 22.1. The molecule has 2 nitrogen and oxygen atoms in total. The van der Waals surface area contributed by atoms with Gasteiger partial charge in [-0.3, -0.25) is 0 Å². The van der Waals surface area contributed by atoms with Gasteiger partial charge in [-0.05, 0) is 62.7 Å². The second-order valence-corrected chi connectivity index (χ2v) is 16.3. The Morgan fingerprint density at radius 3 is 2.27 bits per heavy atom. The zero-order valence-electron chi connectivity index (χ0n) is 19.4. The Morgan fingerprint density at radius 2 is 1.67 bits per heavy atom. The average molecular weight is 456 g/mol. The summed E-state index contributed by atoms with van der Waals surface area (Å²) >= 11 is 3.68. The van der Waals surface area contributed by atoms with Crippen molar-refractivity contribution < 1.29 is 4.43 Å². The topological polar surface area (TPSA) is 22.1 Å². The van der Waals surface area contributed by atoms with Crippen LogP contribution < -0.4 is 4.43 Å². The lowest BCUT2D eigenvalue weighted by atomic mass is 10.2. The van der Waals surface area contributed by atoms with Crippen molar-refractivity contribution in [3.8, 4) is 16.3 Å². The lowest BCUT2D eigenvalue weighted by Crippen LogP contribution is -2.44. The van der Waals surface area contributed by atoms with Crippen LogP contribution in [0.3, 0.4) is 0 Å². The molecule has 0 spiro atoms. The molecule has 3 rings (SSSR count). The third kappa shape index (κ3) is 5.37. The summed E-state index contributed by atoms with van der Waals surface area (Å²) in [6.07, 6.45) is 0. The van der Waals surface area contributed by atoms with Crippen molar-refractivity contribution >= 4 is 31.4 Å². The SMILES string of the molecule is Cc1ccc(-c2nc(C)c(CSc3ccc(O[Si](C)(C)C(C)(C)C)c(C)c3)s2)cc1. The van der Waals surface area contributed by atoms with E-state index in [4.69, 9.17) is 9.41 Å². The smallest absolute Gasteiger partial charge is 0.250 e. The molecule has 30 heavy (non-hydrogen) atoms. The number of aryl methyl sites for hydroxylation is 3. The third-order valence-electron chi connectivity index (χ3n) is 5.88. The highest BCUT2D eigenvalue weighted by Gasteiger charge is 2.39. The van der Waals surface area contributed by atoms with E-state index < -0.39 is 8.32 Å². The summed E-state index contributed by atoms with van der Waals surface area (Å²) in [5, 5.41) is 1.31. The normalized spacial score (nSPS) is 12.3. The van der Waals surface area contributed by atoms with Crippen molar-refractivity contribution in [2.45, 2.75) is 70.3 Å². The summed E-state index contributed by atoms with van der Waals surface area (Å²) in [5.41, 5.74) is 4.83. The molecule has 1 heterocycles. The standard InChI is InChI=1S/C25H33NOS2Si/c1-17-9-11-20(12-10-17)24-26-19(3)23(29-24)16-28-21-13-14-22(18(2)15-21)27-30(7,8)25(4,5)6/h9-15H,16H2,1-8H3. The average Bonchev–Trinajstić information content (AvgIpc) is 3.02. The highest BCUT2D eigenvalue weighted by Crippen LogP contribution is 2.39. The van der Waals surface area contributed by atoms with Crippen LogP contribution in [0.15, 0.2) is 47.4 Å². The number of nitrogens with zero attached hydrogens (tertiary/aromatic N) is 1. The lowest BCUT2D eigenvalue weighted by Gasteiger charge is -2.37. The molecule has 0 N–H and O–H groups in total. The summed E-state index contributed by atoms with van der Waals surface area (Å²) in [6, 6.07) is 15.2. The molecule has 0 atom stereocenters. The molecular formula is C25H33NOS2Si. The molecule has 0 bridgehead atoms. The van der Waals surface area contributed by atoms with E-state index >= 15 is 0 Å². The fraction of sp³-hybridized carbons (Fsp3) is 0.400. The van der Waals surface area contributed by atoms with Gasteiger partial charge in [0.25, 0.3) is 0 Å². The minimum Gasteiger partial charge on any atom is -0.543 e. The summed E-state index contributed by atoms with van der Waals surface area (Å²) in [5.74, 6) is 1.97. The molecule has 0 aliphatic carbocycles. The first-order valence-electron chi connectivity index (χ1n) is 10.4. The number of rotatable bonds is 6. The van der Waals surface area contributed by atoms with Crippen LogP contribution >= 0.6 is 23.1 Å². The van der Waals surface area contributed by atoms with Crippen LogP contribution in [-0.4, -0.2) is 13.3 Å². The molecule has 0 unspecified atom stereocenters. The maximum absolute atomic E-state index is 6.52. The Morgan fingerprint density at radius 1 is 1.00 bits per heavy atom. The number of hydrogen-bond acceptors (Lipinski definition) is 4. The fourth-order valence-corrected chi connectivity index (χ4v) is 6.08. The van der Waals surface area contributed by atoms with E-state index in [0.29, 0.717) is 0 Å². The van der Waals surface area contributed by atoms with Gasteiger partial charge in [-0.2, -0.15) is 0 Å². The molecule has 160 valence electrons. The van der Waals surface area contributed by atoms with Crippen molar-refractivity contribution in [2.75, 3.05) is 0 Å². The molecule has 0 fully saturated rings. The van der Waals surface area contributed by atoms with Crippen LogP contribution in [-0.2, 0) is 5.75 Å². The highest BCUT2D eigenvalue weighted by molar-refractivity contribution is 7.98. The van der Waals surface area contributed by atoms with E-state index in [1.54, 1.807) is 11.3 Å². The molecular weight excluding hydrogens is 423 g/mol. The Hall–Kier alpha value is -1.56. The molecule has 0 saturated heterocycles. The minimum atomic E-state index is -1.82. The molecule has 1 aromatic heterocycles. The summed E-state index contributed by atoms with van der Waals surface area (Å²) in [4.78, 5) is 7.43. The van der Waals surface area contributed by atoms with Crippen molar-refractivity contribution in [3.05, 3.63) is 64.2 Å². The van der Waals surface area contributed by atoms with Gasteiger partial charge in [0.05, 0.1) is 5.69 Å².